The molecule has 178 valence electrons. The van der Waals surface area contributed by atoms with Gasteiger partial charge in [-0.15, -0.1) is 11.3 Å². The fourth-order valence-electron chi connectivity index (χ4n) is 3.20. The monoisotopic (exact) mass is 483 g/mol. The number of benzene rings is 1. The molecule has 2 N–H and O–H groups in total. The first kappa shape index (κ1) is 24.8. The fraction of sp³-hybridized carbons (Fsp3) is 0.304. The molecule has 0 aliphatic heterocycles. The Morgan fingerprint density at radius 1 is 1.09 bits per heavy atom. The van der Waals surface area contributed by atoms with Gasteiger partial charge in [-0.2, -0.15) is 5.10 Å². The van der Waals surface area contributed by atoms with E-state index in [0.717, 1.165) is 28.2 Å². The van der Waals surface area contributed by atoms with Crippen LogP contribution in [0.25, 0.3) is 10.6 Å². The van der Waals surface area contributed by atoms with Gasteiger partial charge in [0.15, 0.2) is 0 Å². The molecule has 0 spiro atoms. The molecule has 0 aliphatic carbocycles. The molecular weight excluding hydrogens is 458 g/mol. The Kier molecular flexibility index (Phi) is 7.57. The molecule has 0 saturated carbocycles. The molecular formula is C23H25N5O5S. The van der Waals surface area contributed by atoms with Crippen LogP contribution in [0.5, 0.6) is 0 Å². The zero-order valence-corrected chi connectivity index (χ0v) is 20.3. The maximum absolute atomic E-state index is 12.9. The second-order valence-electron chi connectivity index (χ2n) is 7.63. The highest BCUT2D eigenvalue weighted by molar-refractivity contribution is 7.17. The number of nitrogens with zero attached hydrogens (tertiary/aromatic N) is 3. The van der Waals surface area contributed by atoms with E-state index in [4.69, 9.17) is 0 Å². The Morgan fingerprint density at radius 2 is 1.76 bits per heavy atom. The second-order valence-corrected chi connectivity index (χ2v) is 8.63. The first-order valence-electron chi connectivity index (χ1n) is 10.4. The number of carbonyl (C=O) groups is 3. The minimum absolute atomic E-state index is 0.0855. The molecule has 0 bridgehead atoms. The van der Waals surface area contributed by atoms with Gasteiger partial charge in [0.2, 0.25) is 5.91 Å². The van der Waals surface area contributed by atoms with Gasteiger partial charge in [-0.3, -0.25) is 19.2 Å². The normalized spacial score (nSPS) is 10.6. The van der Waals surface area contributed by atoms with E-state index in [2.05, 4.69) is 25.5 Å². The van der Waals surface area contributed by atoms with Gasteiger partial charge >= 0.3 is 5.97 Å². The standard InChI is InChI=1S/C23H25N5O5S/c1-12-13(2)27-28(4)23(32)19(12)22-25-14(3)20(34-22)21(31)26-16-8-6-15(7-9-16)10-17(29)24-11-18(30)33-5/h6-9H,10-11H2,1-5H3,(H,24,29)(H,26,31). The van der Waals surface area contributed by atoms with Crippen molar-refractivity contribution in [3.63, 3.8) is 0 Å². The van der Waals surface area contributed by atoms with Crippen LogP contribution < -0.4 is 16.2 Å². The maximum atomic E-state index is 12.9. The van der Waals surface area contributed by atoms with E-state index in [1.807, 2.05) is 13.8 Å². The number of aromatic nitrogens is 3. The lowest BCUT2D eigenvalue weighted by Crippen LogP contribution is -2.31. The van der Waals surface area contributed by atoms with Crippen molar-refractivity contribution in [2.45, 2.75) is 27.2 Å². The van der Waals surface area contributed by atoms with Gasteiger partial charge in [0.1, 0.15) is 16.4 Å². The lowest BCUT2D eigenvalue weighted by Gasteiger charge is -2.07. The van der Waals surface area contributed by atoms with Crippen LogP contribution in [0.2, 0.25) is 0 Å². The Labute approximate surface area is 200 Å². The first-order valence-corrected chi connectivity index (χ1v) is 11.2. The maximum Gasteiger partial charge on any atom is 0.325 e. The summed E-state index contributed by atoms with van der Waals surface area (Å²) in [5.74, 6) is -1.18. The molecule has 3 rings (SSSR count). The van der Waals surface area contributed by atoms with E-state index >= 15 is 0 Å². The van der Waals surface area contributed by atoms with Crippen molar-refractivity contribution < 1.29 is 19.1 Å². The lowest BCUT2D eigenvalue weighted by molar-refractivity contribution is -0.141. The third-order valence-corrected chi connectivity index (χ3v) is 6.35. The number of esters is 1. The van der Waals surface area contributed by atoms with Crippen LogP contribution in [0.1, 0.15) is 32.2 Å². The molecule has 2 aromatic heterocycles. The summed E-state index contributed by atoms with van der Waals surface area (Å²) in [6.07, 6.45) is 0.0855. The Balaban J connectivity index is 1.72. The third-order valence-electron chi connectivity index (χ3n) is 5.18. The number of anilines is 1. The summed E-state index contributed by atoms with van der Waals surface area (Å²) in [5.41, 5.74) is 3.41. The topological polar surface area (TPSA) is 132 Å². The molecule has 1 aromatic carbocycles. The molecule has 3 aromatic rings. The molecule has 0 atom stereocenters. The summed E-state index contributed by atoms with van der Waals surface area (Å²) in [6.45, 7) is 5.16. The molecule has 0 fully saturated rings. The molecule has 2 heterocycles. The Morgan fingerprint density at radius 3 is 2.41 bits per heavy atom. The van der Waals surface area contributed by atoms with Gasteiger partial charge in [0.05, 0.1) is 30.5 Å². The van der Waals surface area contributed by atoms with Crippen LogP contribution in [0.3, 0.4) is 0 Å². The van der Waals surface area contributed by atoms with Crippen molar-refractivity contribution in [2.24, 2.45) is 7.05 Å². The molecule has 11 heteroatoms. The van der Waals surface area contributed by atoms with Crippen LogP contribution >= 0.6 is 11.3 Å². The van der Waals surface area contributed by atoms with Gasteiger partial charge in [-0.25, -0.2) is 9.67 Å². The highest BCUT2D eigenvalue weighted by Crippen LogP contribution is 2.29. The van der Waals surface area contributed by atoms with Crippen molar-refractivity contribution in [3.8, 4) is 10.6 Å². The quantitative estimate of drug-likeness (QED) is 0.491. The highest BCUT2D eigenvalue weighted by atomic mass is 32.1. The number of methoxy groups -OCH3 is 1. The van der Waals surface area contributed by atoms with Gasteiger partial charge < -0.3 is 15.4 Å². The van der Waals surface area contributed by atoms with Crippen LogP contribution in [0.15, 0.2) is 29.1 Å². The van der Waals surface area contributed by atoms with Crippen molar-refractivity contribution in [3.05, 3.63) is 62.0 Å². The smallest absolute Gasteiger partial charge is 0.325 e. The number of ether oxygens (including phenoxy) is 1. The minimum atomic E-state index is -0.525. The molecule has 0 aliphatic rings. The van der Waals surface area contributed by atoms with Crippen molar-refractivity contribution >= 4 is 34.8 Å². The largest absolute Gasteiger partial charge is 0.468 e. The summed E-state index contributed by atoms with van der Waals surface area (Å²) in [6, 6.07) is 6.80. The summed E-state index contributed by atoms with van der Waals surface area (Å²) in [5, 5.41) is 9.94. The molecule has 0 radical (unpaired) electrons. The number of thiazole rings is 1. The molecule has 34 heavy (non-hydrogen) atoms. The zero-order chi connectivity index (χ0) is 25.0. The highest BCUT2D eigenvalue weighted by Gasteiger charge is 2.21. The third kappa shape index (κ3) is 5.54. The summed E-state index contributed by atoms with van der Waals surface area (Å²) >= 11 is 1.15. The van der Waals surface area contributed by atoms with Crippen LogP contribution in [0.4, 0.5) is 5.69 Å². The van der Waals surface area contributed by atoms with Gasteiger partial charge in [-0.1, -0.05) is 12.1 Å². The average Bonchev–Trinajstić information content (AvgIpc) is 3.18. The average molecular weight is 484 g/mol. The Bertz CT molecular complexity index is 1310. The number of rotatable bonds is 7. The summed E-state index contributed by atoms with van der Waals surface area (Å²) in [7, 11) is 2.83. The number of hydrogen-bond donors (Lipinski definition) is 2. The van der Waals surface area contributed by atoms with E-state index < -0.39 is 5.97 Å². The van der Waals surface area contributed by atoms with Crippen molar-refractivity contribution in [1.82, 2.24) is 20.1 Å². The van der Waals surface area contributed by atoms with Gasteiger partial charge in [-0.05, 0) is 44.0 Å². The number of nitrogens with one attached hydrogen (secondary N) is 2. The van der Waals surface area contributed by atoms with Gasteiger partial charge in [0.25, 0.3) is 11.5 Å². The van der Waals surface area contributed by atoms with E-state index in [1.54, 1.807) is 38.2 Å². The van der Waals surface area contributed by atoms with Crippen molar-refractivity contribution in [1.29, 1.82) is 0 Å². The zero-order valence-electron chi connectivity index (χ0n) is 19.5. The molecule has 2 amide bonds. The second kappa shape index (κ2) is 10.4. The van der Waals surface area contributed by atoms with Crippen molar-refractivity contribution in [2.75, 3.05) is 19.0 Å². The number of aryl methyl sites for hydroxylation is 3. The fourth-order valence-corrected chi connectivity index (χ4v) is 4.25. The predicted molar refractivity (Wildman–Crippen MR) is 128 cm³/mol. The van der Waals surface area contributed by atoms with Crippen LogP contribution in [-0.2, 0) is 27.8 Å². The SMILES string of the molecule is COC(=O)CNC(=O)Cc1ccc(NC(=O)c2sc(-c3c(C)c(C)nn(C)c3=O)nc2C)cc1. The number of amides is 2. The Hall–Kier alpha value is -3.86. The lowest BCUT2D eigenvalue weighted by atomic mass is 10.1. The summed E-state index contributed by atoms with van der Waals surface area (Å²) < 4.78 is 5.75. The first-order chi connectivity index (χ1) is 16.1. The summed E-state index contributed by atoms with van der Waals surface area (Å²) in [4.78, 5) is 53.4. The van der Waals surface area contributed by atoms with Crippen LogP contribution in [0, 0.1) is 20.8 Å². The molecule has 0 unspecified atom stereocenters. The van der Waals surface area contributed by atoms with E-state index in [-0.39, 0.29) is 30.3 Å². The van der Waals surface area contributed by atoms with E-state index in [9.17, 15) is 19.2 Å². The molecule has 0 saturated heterocycles. The minimum Gasteiger partial charge on any atom is -0.468 e. The van der Waals surface area contributed by atoms with Gasteiger partial charge in [0, 0.05) is 12.7 Å². The number of carbonyl (C=O) groups excluding carboxylic acids is 3. The number of hydrogen-bond acceptors (Lipinski definition) is 8. The van der Waals surface area contributed by atoms with E-state index in [0.29, 0.717) is 26.8 Å². The van der Waals surface area contributed by atoms with Crippen LogP contribution in [-0.4, -0.2) is 46.2 Å². The van der Waals surface area contributed by atoms with E-state index in [1.165, 1.54) is 11.8 Å². The predicted octanol–water partition coefficient (Wildman–Crippen LogP) is 1.91. The molecule has 10 nitrogen and oxygen atoms in total.